The zero-order chi connectivity index (χ0) is 18.0. The van der Waals surface area contributed by atoms with Gasteiger partial charge in [-0.1, -0.05) is 78.6 Å². The van der Waals surface area contributed by atoms with Crippen molar-refractivity contribution < 1.29 is 0 Å². The molecule has 2 nitrogen and oxygen atoms in total. The van der Waals surface area contributed by atoms with Crippen LogP contribution in [0.5, 0.6) is 0 Å². The third-order valence-corrected chi connectivity index (χ3v) is 21.4. The van der Waals surface area contributed by atoms with E-state index >= 15 is 0 Å². The van der Waals surface area contributed by atoms with Gasteiger partial charge in [-0.25, -0.2) is 0 Å². The van der Waals surface area contributed by atoms with Gasteiger partial charge in [0, 0.05) is 23.0 Å². The van der Waals surface area contributed by atoms with Gasteiger partial charge in [-0.3, -0.25) is 9.98 Å². The molecule has 0 bridgehead atoms. The molecule has 0 aromatic heterocycles. The van der Waals surface area contributed by atoms with Gasteiger partial charge in [0.05, 0.1) is 32.3 Å². The van der Waals surface area contributed by atoms with Crippen LogP contribution in [0.4, 0.5) is 0 Å². The molecule has 0 aromatic carbocycles. The molecular formula is C16H40N2Si4. The lowest BCUT2D eigenvalue weighted by Gasteiger charge is -2.35. The van der Waals surface area contributed by atoms with Gasteiger partial charge in [-0.05, 0) is 0 Å². The number of hydrogen-bond donors (Lipinski definition) is 0. The summed E-state index contributed by atoms with van der Waals surface area (Å²) in [6.07, 6.45) is 4.04. The lowest BCUT2D eigenvalue weighted by molar-refractivity contribution is 1.12. The highest BCUT2D eigenvalue weighted by molar-refractivity contribution is 6.97. The number of rotatable bonds is 7. The molecule has 0 unspecified atom stereocenters. The van der Waals surface area contributed by atoms with Crippen LogP contribution < -0.4 is 0 Å². The van der Waals surface area contributed by atoms with E-state index in [1.165, 1.54) is 0 Å². The van der Waals surface area contributed by atoms with E-state index < -0.39 is 32.3 Å². The van der Waals surface area contributed by atoms with E-state index in [4.69, 9.17) is 9.98 Å². The molecule has 0 rings (SSSR count). The van der Waals surface area contributed by atoms with Crippen LogP contribution in [0.15, 0.2) is 9.98 Å². The first-order valence-corrected chi connectivity index (χ1v) is 22.8. The van der Waals surface area contributed by atoms with Crippen LogP contribution in [0.25, 0.3) is 0 Å². The van der Waals surface area contributed by atoms with E-state index in [2.05, 4.69) is 78.6 Å². The van der Waals surface area contributed by atoms with E-state index in [0.29, 0.717) is 10.6 Å². The molecule has 0 aliphatic rings. The predicted molar refractivity (Wildman–Crippen MR) is 118 cm³/mol. The van der Waals surface area contributed by atoms with Gasteiger partial charge in [0.1, 0.15) is 0 Å². The van der Waals surface area contributed by atoms with Crippen molar-refractivity contribution in [2.24, 2.45) is 9.98 Å². The number of aliphatic imine (C=N–C) groups is 2. The Hall–Kier alpha value is 0.208. The maximum atomic E-state index is 4.98. The number of hydrogen-bond acceptors (Lipinski definition) is 2. The first kappa shape index (κ1) is 22.2. The Balaban J connectivity index is 5.24. The van der Waals surface area contributed by atoms with Gasteiger partial charge < -0.3 is 0 Å². The normalized spacial score (nSPS) is 15.7. The standard InChI is InChI=1S/C16H40N2Si4/c1-19(2,3)15(20(4,5)6)17-13-14-18-16(21(7,8)9)22(10,11)12/h13-16H,1-12H3/b17-13+,18-14+. The Morgan fingerprint density at radius 1 is 0.455 bits per heavy atom. The van der Waals surface area contributed by atoms with E-state index in [1.807, 2.05) is 12.4 Å². The van der Waals surface area contributed by atoms with E-state index in [-0.39, 0.29) is 0 Å². The third kappa shape index (κ3) is 7.65. The summed E-state index contributed by atoms with van der Waals surface area (Å²) < 4.78 is 0. The second-order valence-corrected chi connectivity index (χ2v) is 33.1. The summed E-state index contributed by atoms with van der Waals surface area (Å²) >= 11 is 0. The zero-order valence-corrected chi connectivity index (χ0v) is 21.2. The zero-order valence-electron chi connectivity index (χ0n) is 17.2. The first-order valence-electron chi connectivity index (χ1n) is 8.52. The first-order chi connectivity index (χ1) is 9.47. The highest BCUT2D eigenvalue weighted by Gasteiger charge is 2.38. The van der Waals surface area contributed by atoms with Crippen molar-refractivity contribution in [3.05, 3.63) is 0 Å². The molecule has 0 aromatic rings. The van der Waals surface area contributed by atoms with Crippen molar-refractivity contribution in [2.75, 3.05) is 0 Å². The molecule has 0 saturated heterocycles. The highest BCUT2D eigenvalue weighted by atomic mass is 28.4. The average Bonchev–Trinajstić information content (AvgIpc) is 2.14. The fourth-order valence-electron chi connectivity index (χ4n) is 3.74. The molecule has 0 heterocycles. The quantitative estimate of drug-likeness (QED) is 0.423. The van der Waals surface area contributed by atoms with Crippen LogP contribution in [-0.4, -0.2) is 55.3 Å². The second kappa shape index (κ2) is 7.40. The maximum absolute atomic E-state index is 4.98. The molecule has 0 spiro atoms. The summed E-state index contributed by atoms with van der Waals surface area (Å²) in [6.45, 7) is 29.3. The largest absolute Gasteiger partial charge is 0.295 e. The van der Waals surface area contributed by atoms with Crippen LogP contribution >= 0.6 is 0 Å². The summed E-state index contributed by atoms with van der Waals surface area (Å²) in [6, 6.07) is 0. The van der Waals surface area contributed by atoms with Crippen molar-refractivity contribution in [1.29, 1.82) is 0 Å². The molecule has 22 heavy (non-hydrogen) atoms. The fraction of sp³-hybridized carbons (Fsp3) is 0.875. The minimum absolute atomic E-state index is 0.573. The van der Waals surface area contributed by atoms with Gasteiger partial charge >= 0.3 is 0 Å². The molecule has 0 fully saturated rings. The van der Waals surface area contributed by atoms with Crippen molar-refractivity contribution in [1.82, 2.24) is 0 Å². The second-order valence-electron chi connectivity index (χ2n) is 10.9. The summed E-state index contributed by atoms with van der Waals surface area (Å²) in [5, 5.41) is 1.15. The molecule has 0 saturated carbocycles. The van der Waals surface area contributed by atoms with Crippen LogP contribution in [-0.2, 0) is 0 Å². The molecule has 0 atom stereocenters. The minimum Gasteiger partial charge on any atom is -0.295 e. The summed E-state index contributed by atoms with van der Waals surface area (Å²) in [7, 11) is -5.01. The SMILES string of the molecule is C[Si](C)(C)C(/N=C/C=N/C([Si](C)(C)C)[Si](C)(C)C)[Si](C)(C)C. The molecule has 0 amide bonds. The average molecular weight is 373 g/mol. The Morgan fingerprint density at radius 2 is 0.636 bits per heavy atom. The number of nitrogens with zero attached hydrogens (tertiary/aromatic N) is 2. The van der Waals surface area contributed by atoms with Crippen LogP contribution in [0.1, 0.15) is 0 Å². The molecule has 0 radical (unpaired) electrons. The third-order valence-electron chi connectivity index (χ3n) is 3.82. The van der Waals surface area contributed by atoms with E-state index in [0.717, 1.165) is 0 Å². The minimum atomic E-state index is -1.25. The summed E-state index contributed by atoms with van der Waals surface area (Å²) in [5.41, 5.74) is 0. The highest BCUT2D eigenvalue weighted by Crippen LogP contribution is 2.23. The topological polar surface area (TPSA) is 24.7 Å². The molecule has 0 N–H and O–H groups in total. The smallest absolute Gasteiger partial charge is 0.0693 e. The van der Waals surface area contributed by atoms with Crippen LogP contribution in [0, 0.1) is 0 Å². The Morgan fingerprint density at radius 3 is 0.773 bits per heavy atom. The molecule has 130 valence electrons. The van der Waals surface area contributed by atoms with Crippen LogP contribution in [0.3, 0.4) is 0 Å². The van der Waals surface area contributed by atoms with Gasteiger partial charge in [-0.15, -0.1) is 0 Å². The molecule has 0 aliphatic heterocycles. The predicted octanol–water partition coefficient (Wildman–Crippen LogP) is 5.37. The van der Waals surface area contributed by atoms with E-state index in [1.54, 1.807) is 0 Å². The van der Waals surface area contributed by atoms with Crippen molar-refractivity contribution in [2.45, 2.75) is 89.1 Å². The van der Waals surface area contributed by atoms with Crippen molar-refractivity contribution in [3.63, 3.8) is 0 Å². The summed E-state index contributed by atoms with van der Waals surface area (Å²) in [5.74, 6) is 0. The summed E-state index contributed by atoms with van der Waals surface area (Å²) in [4.78, 5) is 9.96. The lowest BCUT2D eigenvalue weighted by atomic mass is 10.8. The maximum Gasteiger partial charge on any atom is 0.0693 e. The van der Waals surface area contributed by atoms with Gasteiger partial charge in [-0.2, -0.15) is 0 Å². The Bertz CT molecular complexity index is 336. The van der Waals surface area contributed by atoms with Crippen molar-refractivity contribution in [3.8, 4) is 0 Å². The Labute approximate surface area is 144 Å². The van der Waals surface area contributed by atoms with Crippen LogP contribution in [0.2, 0.25) is 78.6 Å². The lowest BCUT2D eigenvalue weighted by Crippen LogP contribution is -2.53. The van der Waals surface area contributed by atoms with Gasteiger partial charge in [0.2, 0.25) is 0 Å². The van der Waals surface area contributed by atoms with Gasteiger partial charge in [0.15, 0.2) is 0 Å². The van der Waals surface area contributed by atoms with E-state index in [9.17, 15) is 0 Å². The fourth-order valence-corrected chi connectivity index (χ4v) is 26.7. The monoisotopic (exact) mass is 372 g/mol. The molecular weight excluding hydrogens is 333 g/mol. The molecule has 6 heteroatoms. The Kier molecular flexibility index (Phi) is 7.47. The van der Waals surface area contributed by atoms with Gasteiger partial charge in [0.25, 0.3) is 0 Å². The van der Waals surface area contributed by atoms with Crippen molar-refractivity contribution >= 4 is 44.7 Å². The molecule has 0 aliphatic carbocycles.